The molecule has 14 heteroatoms. The molecule has 13 nitrogen and oxygen atoms in total. The topological polar surface area (TPSA) is 194 Å². The van der Waals surface area contributed by atoms with Crippen LogP contribution in [-0.2, 0) is 23.4 Å². The number of ether oxygens (including phenoxy) is 2. The molecule has 0 aromatic carbocycles. The van der Waals surface area contributed by atoms with Crippen molar-refractivity contribution in [2.24, 2.45) is 5.92 Å². The molecule has 0 bridgehead atoms. The number of aliphatic hydroxyl groups excluding tert-OH is 1. The van der Waals surface area contributed by atoms with Crippen LogP contribution in [-0.4, -0.2) is 52.6 Å². The quantitative estimate of drug-likeness (QED) is 0.129. The first-order chi connectivity index (χ1) is 14.5. The predicted octanol–water partition coefficient (Wildman–Crippen LogP) is -2.10. The summed E-state index contributed by atoms with van der Waals surface area (Å²) in [5, 5.41) is 12.8. The molecule has 1 radical (unpaired) electrons. The number of carbonyl (C=O) groups excluding carboxylic acids is 1. The largest absolute Gasteiger partial charge is 0.611 e. The van der Waals surface area contributed by atoms with E-state index in [-0.39, 0.29) is 18.9 Å². The number of aliphatic hydroxyl groups is 1. The molecule has 31 heavy (non-hydrogen) atoms. The number of hydrogen-bond donors (Lipinski definition) is 4. The van der Waals surface area contributed by atoms with Gasteiger partial charge in [-0.05, 0) is 23.9 Å². The highest BCUT2D eigenvalue weighted by Gasteiger charge is 2.46. The van der Waals surface area contributed by atoms with Gasteiger partial charge in [-0.15, -0.1) is 5.09 Å². The van der Waals surface area contributed by atoms with Gasteiger partial charge in [-0.25, -0.2) is 4.79 Å². The van der Waals surface area contributed by atoms with Gasteiger partial charge in [-0.2, -0.15) is 10.4 Å². The summed E-state index contributed by atoms with van der Waals surface area (Å²) in [5.41, 5.74) is -0.895. The number of aryl methyl sites for hydroxylation is 1. The van der Waals surface area contributed by atoms with Gasteiger partial charge < -0.3 is 19.5 Å². The number of nitrogens with zero attached hydrogens (tertiary/aromatic N) is 1. The Morgan fingerprint density at radius 3 is 2.81 bits per heavy atom. The zero-order valence-corrected chi connectivity index (χ0v) is 18.8. The third-order valence-corrected chi connectivity index (χ3v) is 6.20. The molecule has 1 aromatic heterocycles. The number of nitrogens with one attached hydrogen (secondary N) is 2. The third-order valence-electron chi connectivity index (χ3n) is 4.75. The number of carbonyl (C=O) groups is 1. The summed E-state index contributed by atoms with van der Waals surface area (Å²) in [6.45, 7) is 4.91. The minimum Gasteiger partial charge on any atom is -0.611 e. The number of H-pyrrole nitrogens is 1. The first-order valence-corrected chi connectivity index (χ1v) is 11.2. The number of quaternary nitrogens is 1. The highest BCUT2D eigenvalue weighted by Crippen LogP contribution is 2.47. The van der Waals surface area contributed by atoms with Gasteiger partial charge in [0.05, 0.1) is 10.9 Å². The van der Waals surface area contributed by atoms with Gasteiger partial charge in [0.25, 0.3) is 5.56 Å². The second-order valence-corrected chi connectivity index (χ2v) is 9.44. The Morgan fingerprint density at radius 1 is 1.55 bits per heavy atom. The van der Waals surface area contributed by atoms with Gasteiger partial charge in [0.15, 0.2) is 7.11 Å². The highest BCUT2D eigenvalue weighted by atomic mass is 31.2. The fourth-order valence-corrected chi connectivity index (χ4v) is 4.28. The number of hydrogen-bond acceptors (Lipinski definition) is 10. The van der Waals surface area contributed by atoms with Crippen molar-refractivity contribution < 1.29 is 39.3 Å². The summed E-state index contributed by atoms with van der Waals surface area (Å²) in [4.78, 5) is 50.6. The van der Waals surface area contributed by atoms with Crippen molar-refractivity contribution in [3.63, 3.8) is 0 Å². The van der Waals surface area contributed by atoms with E-state index in [0.717, 1.165) is 4.57 Å². The van der Waals surface area contributed by atoms with Crippen LogP contribution in [0.15, 0.2) is 15.8 Å². The lowest BCUT2D eigenvalue weighted by molar-refractivity contribution is -0.652. The smallest absolute Gasteiger partial charge is 0.594 e. The summed E-state index contributed by atoms with van der Waals surface area (Å²) in [6, 6.07) is -0.956. The Labute approximate surface area is 179 Å². The van der Waals surface area contributed by atoms with E-state index in [0.29, 0.717) is 12.0 Å². The van der Waals surface area contributed by atoms with Gasteiger partial charge in [-0.3, -0.25) is 14.3 Å². The van der Waals surface area contributed by atoms with Crippen LogP contribution < -0.4 is 27.1 Å². The molecule has 0 amide bonds. The number of rotatable bonds is 10. The SMILES string of the molecule is C[O+]C(=O)C(CC(C)C)N[P+]([O-])(O[NH3+])OC[C@H]1O[C@@H](n2cc(C)c(=O)[nH]c2=O)C[C@@H]1O. The van der Waals surface area contributed by atoms with E-state index in [4.69, 9.17) is 18.6 Å². The number of aromatic nitrogens is 2. The van der Waals surface area contributed by atoms with Crippen molar-refractivity contribution in [1.29, 1.82) is 0 Å². The normalized spacial score (nSPS) is 24.2. The lowest BCUT2D eigenvalue weighted by Gasteiger charge is -2.26. The zero-order valence-electron chi connectivity index (χ0n) is 17.9. The average Bonchev–Trinajstić information content (AvgIpc) is 3.08. The van der Waals surface area contributed by atoms with Crippen molar-refractivity contribution in [2.75, 3.05) is 13.7 Å². The molecule has 1 aliphatic rings. The molecule has 0 aliphatic carbocycles. The van der Waals surface area contributed by atoms with Gasteiger partial charge in [0.2, 0.25) is 6.04 Å². The van der Waals surface area contributed by atoms with Crippen molar-refractivity contribution in [1.82, 2.24) is 14.6 Å². The van der Waals surface area contributed by atoms with Crippen LogP contribution in [0.25, 0.3) is 0 Å². The maximum Gasteiger partial charge on any atom is 0.594 e. The van der Waals surface area contributed by atoms with Crippen LogP contribution in [0.5, 0.6) is 0 Å². The monoisotopic (exact) mass is 465 g/mol. The molecule has 0 spiro atoms. The summed E-state index contributed by atoms with van der Waals surface area (Å²) < 4.78 is 21.6. The maximum absolute atomic E-state index is 12.9. The molecule has 1 aliphatic heterocycles. The molecule has 2 rings (SSSR count). The summed E-state index contributed by atoms with van der Waals surface area (Å²) in [7, 11) is -2.84. The lowest BCUT2D eigenvalue weighted by atomic mass is 10.1. The molecule has 0 saturated carbocycles. The summed E-state index contributed by atoms with van der Waals surface area (Å²) in [6.07, 6.45) is -1.17. The molecule has 1 aromatic rings. The fraction of sp³-hybridized carbons (Fsp3) is 0.706. The van der Waals surface area contributed by atoms with Gasteiger partial charge in [-0.1, -0.05) is 13.8 Å². The molecule has 2 heterocycles. The second kappa shape index (κ2) is 10.7. The van der Waals surface area contributed by atoms with Crippen LogP contribution >= 0.6 is 8.09 Å². The Hall–Kier alpha value is -1.70. The van der Waals surface area contributed by atoms with E-state index in [1.165, 1.54) is 20.2 Å². The number of aromatic amines is 1. The van der Waals surface area contributed by atoms with E-state index in [9.17, 15) is 24.4 Å². The molecule has 6 N–H and O–H groups in total. The minimum atomic E-state index is -4.04. The standard InChI is InChI=1S/C17H29N4O9P/c1-9(2)5-11(16(24)27-4)20-31(26,30-18)28-8-13-12(22)6-14(29-13)21-7-10(3)15(23)19-17(21)25/h7,9,11-14,22H,5-6,8H2,1-4,18H3,(H-,19,20,23,25,26)/q+1/p+1/t11?,12-,13+,14+,31?/m0/s1. The van der Waals surface area contributed by atoms with Crippen molar-refractivity contribution >= 4 is 14.1 Å². The van der Waals surface area contributed by atoms with Crippen LogP contribution in [0.3, 0.4) is 0 Å². The van der Waals surface area contributed by atoms with Crippen molar-refractivity contribution in [3.05, 3.63) is 32.6 Å². The molecular weight excluding hydrogens is 435 g/mol. The molecule has 1 saturated heterocycles. The third kappa shape index (κ3) is 6.64. The molecule has 175 valence electrons. The Kier molecular flexibility index (Phi) is 8.86. The Balaban J connectivity index is 2.06. The molecule has 2 unspecified atom stereocenters. The zero-order chi connectivity index (χ0) is 23.3. The van der Waals surface area contributed by atoms with E-state index >= 15 is 0 Å². The van der Waals surface area contributed by atoms with E-state index in [1.54, 1.807) is 0 Å². The first-order valence-electron chi connectivity index (χ1n) is 9.69. The first kappa shape index (κ1) is 25.6. The van der Waals surface area contributed by atoms with Crippen molar-refractivity contribution in [2.45, 2.75) is 58.1 Å². The Bertz CT molecular complexity index is 876. The fourth-order valence-electron chi connectivity index (χ4n) is 3.13. The van der Waals surface area contributed by atoms with Crippen molar-refractivity contribution in [3.8, 4) is 0 Å². The molecule has 1 fully saturated rings. The summed E-state index contributed by atoms with van der Waals surface area (Å²) in [5.74, 6) is 2.59. The van der Waals surface area contributed by atoms with Gasteiger partial charge in [0.1, 0.15) is 18.9 Å². The van der Waals surface area contributed by atoms with E-state index < -0.39 is 49.8 Å². The van der Waals surface area contributed by atoms with Gasteiger partial charge >= 0.3 is 19.8 Å². The van der Waals surface area contributed by atoms with Crippen LogP contribution in [0.2, 0.25) is 0 Å². The van der Waals surface area contributed by atoms with Crippen LogP contribution in [0.4, 0.5) is 0 Å². The van der Waals surface area contributed by atoms with Crippen LogP contribution in [0, 0.1) is 12.8 Å². The lowest BCUT2D eigenvalue weighted by Crippen LogP contribution is -2.56. The molecule has 5 atom stereocenters. The number of methoxy groups -OCH3 is 1. The van der Waals surface area contributed by atoms with E-state index in [2.05, 4.69) is 16.0 Å². The average molecular weight is 465 g/mol. The molecular formula is C17H30N4O9P+2. The maximum atomic E-state index is 12.9. The van der Waals surface area contributed by atoms with Gasteiger partial charge in [0, 0.05) is 18.2 Å². The van der Waals surface area contributed by atoms with E-state index in [1.807, 2.05) is 13.8 Å². The Morgan fingerprint density at radius 2 is 2.23 bits per heavy atom. The van der Waals surface area contributed by atoms with Crippen LogP contribution in [0.1, 0.15) is 38.5 Å². The second-order valence-electron chi connectivity index (χ2n) is 7.67. The minimum absolute atomic E-state index is 0.0422. The highest BCUT2D eigenvalue weighted by molar-refractivity contribution is 7.56. The number of esters is 1. The summed E-state index contributed by atoms with van der Waals surface area (Å²) >= 11 is 0. The predicted molar refractivity (Wildman–Crippen MR) is 106 cm³/mol.